The lowest BCUT2D eigenvalue weighted by Gasteiger charge is -2.16. The lowest BCUT2D eigenvalue weighted by Crippen LogP contribution is -2.38. The minimum absolute atomic E-state index is 2.16. The predicted molar refractivity (Wildman–Crippen MR) is 50.4 cm³/mol. The van der Waals surface area contributed by atoms with Gasteiger partial charge in [0.1, 0.15) is 0 Å². The molecule has 0 atom stereocenters. The van der Waals surface area contributed by atoms with Crippen LogP contribution in [0.3, 0.4) is 0 Å². The third-order valence-electron chi connectivity index (χ3n) is 0.866. The second-order valence-electron chi connectivity index (χ2n) is 1.74. The molecule has 0 aliphatic rings. The number of halogens is 4. The van der Waals surface area contributed by atoms with Crippen LogP contribution in [0.1, 0.15) is 0 Å². The minimum Gasteiger partial charge on any atom is -0.282 e. The number of hydrogen-bond donors (Lipinski definition) is 1. The van der Waals surface area contributed by atoms with Crippen molar-refractivity contribution < 1.29 is 21.4 Å². The molecule has 0 aliphatic carbocycles. The highest BCUT2D eigenvalue weighted by Crippen LogP contribution is 2.38. The van der Waals surface area contributed by atoms with E-state index >= 15 is 0 Å². The third-order valence-corrected chi connectivity index (χ3v) is 7.79. The first-order chi connectivity index (χ1) is 5.44. The average Bonchev–Trinajstić information content (AvgIpc) is 1.84. The second-order valence-corrected chi connectivity index (χ2v) is 9.58. The molecule has 1 N–H and O–H groups in total. The summed E-state index contributed by atoms with van der Waals surface area (Å²) in [6.45, 7) is 0. The third kappa shape index (κ3) is 2.53. The van der Waals surface area contributed by atoms with E-state index in [2.05, 4.69) is 0 Å². The van der Waals surface area contributed by atoms with Crippen molar-refractivity contribution in [3.63, 3.8) is 0 Å². The molecule has 0 fully saturated rings. The fraction of sp³-hybridized carbons (Fsp3) is 1.00. The quantitative estimate of drug-likeness (QED) is 0.623. The van der Waals surface area contributed by atoms with E-state index in [1.165, 1.54) is 0 Å². The van der Waals surface area contributed by atoms with Crippen molar-refractivity contribution in [3.05, 3.63) is 0 Å². The van der Waals surface area contributed by atoms with Crippen molar-refractivity contribution >= 4 is 66.4 Å². The summed E-state index contributed by atoms with van der Waals surface area (Å²) in [4.78, 5) is 0. The zero-order valence-electron chi connectivity index (χ0n) is 5.49. The van der Waals surface area contributed by atoms with Gasteiger partial charge in [-0.3, -0.25) is 4.55 Å². The smallest absolute Gasteiger partial charge is 0.282 e. The van der Waals surface area contributed by atoms with Crippen molar-refractivity contribution in [3.8, 4) is 0 Å². The molecule has 11 heteroatoms. The van der Waals surface area contributed by atoms with Crippen LogP contribution in [-0.2, 0) is 20.0 Å². The highest BCUT2D eigenvalue weighted by Gasteiger charge is 2.55. The van der Waals surface area contributed by atoms with Gasteiger partial charge in [-0.1, -0.05) is 46.4 Å². The number of rotatable bonds is 3. The first kappa shape index (κ1) is 14.0. The van der Waals surface area contributed by atoms with Crippen LogP contribution < -0.4 is 0 Å². The Morgan fingerprint density at radius 2 is 1.38 bits per heavy atom. The molecule has 0 unspecified atom stereocenters. The topological polar surface area (TPSA) is 88.5 Å². The molecule has 0 aromatic carbocycles. The van der Waals surface area contributed by atoms with Crippen LogP contribution in [0, 0.1) is 0 Å². The molecule has 0 radical (unpaired) electrons. The van der Waals surface area contributed by atoms with Gasteiger partial charge >= 0.3 is 13.1 Å². The van der Waals surface area contributed by atoms with Crippen LogP contribution in [-0.4, -0.2) is 28.6 Å². The maximum absolute atomic E-state index is 10.9. The van der Waals surface area contributed by atoms with E-state index in [1.807, 2.05) is 0 Å². The summed E-state index contributed by atoms with van der Waals surface area (Å²) < 4.78 is 45.4. The second kappa shape index (κ2) is 3.88. The van der Waals surface area contributed by atoms with Gasteiger partial charge in [-0.05, 0) is 0 Å². The van der Waals surface area contributed by atoms with E-state index in [-0.39, 0.29) is 0 Å². The van der Waals surface area contributed by atoms with Crippen molar-refractivity contribution in [2.45, 2.75) is 7.17 Å². The van der Waals surface area contributed by atoms with Gasteiger partial charge in [-0.15, -0.1) is 0 Å². The van der Waals surface area contributed by atoms with Crippen LogP contribution in [0.5, 0.6) is 0 Å². The Kier molecular flexibility index (Phi) is 4.18. The van der Waals surface area contributed by atoms with Crippen molar-refractivity contribution in [1.29, 1.82) is 0 Å². The molecule has 0 saturated carbocycles. The lowest BCUT2D eigenvalue weighted by atomic mass is 11.8. The first-order valence-electron chi connectivity index (χ1n) is 2.31. The first-order valence-corrected chi connectivity index (χ1v) is 6.92. The van der Waals surface area contributed by atoms with E-state index in [4.69, 9.17) is 51.0 Å². The molecule has 0 bridgehead atoms. The van der Waals surface area contributed by atoms with Crippen molar-refractivity contribution in [2.24, 2.45) is 0 Å². The van der Waals surface area contributed by atoms with E-state index in [9.17, 15) is 16.8 Å². The zero-order chi connectivity index (χ0) is 11.1. The van der Waals surface area contributed by atoms with Gasteiger partial charge in [0.05, 0.1) is 0 Å². The Labute approximate surface area is 94.6 Å². The zero-order valence-corrected chi connectivity index (χ0v) is 10.1. The standard InChI is InChI=1S/C2H2Cl4O5S2/c3-1(4)12(7,8)2(5,6)13(9,10)11/h1H,(H,9,10,11). The highest BCUT2D eigenvalue weighted by molar-refractivity contribution is 8.13. The predicted octanol–water partition coefficient (Wildman–Crippen LogP) is 1.14. The van der Waals surface area contributed by atoms with Crippen LogP contribution in [0.25, 0.3) is 0 Å². The van der Waals surface area contributed by atoms with Gasteiger partial charge in [0.15, 0.2) is 0 Å². The number of alkyl halides is 4. The Balaban J connectivity index is 5.59. The average molecular weight is 312 g/mol. The Hall–Kier alpha value is 1.02. The van der Waals surface area contributed by atoms with E-state index in [0.29, 0.717) is 0 Å². The molecule has 0 aromatic heterocycles. The molecule has 5 nitrogen and oxygen atoms in total. The largest absolute Gasteiger partial charge is 0.346 e. The maximum Gasteiger partial charge on any atom is 0.346 e. The van der Waals surface area contributed by atoms with Crippen LogP contribution in [0.15, 0.2) is 0 Å². The molecule has 0 rings (SSSR count). The van der Waals surface area contributed by atoms with Crippen molar-refractivity contribution in [1.82, 2.24) is 0 Å². The molecule has 0 amide bonds. The monoisotopic (exact) mass is 310 g/mol. The summed E-state index contributed by atoms with van der Waals surface area (Å²) >= 11 is 19.5. The van der Waals surface area contributed by atoms with Crippen LogP contribution in [0.4, 0.5) is 0 Å². The van der Waals surface area contributed by atoms with Gasteiger partial charge in [-0.2, -0.15) is 8.42 Å². The SMILES string of the molecule is O=S(=O)(O)C(Cl)(Cl)S(=O)(=O)C(Cl)Cl. The van der Waals surface area contributed by atoms with Crippen LogP contribution in [0.2, 0.25) is 0 Å². The summed E-state index contributed by atoms with van der Waals surface area (Å²) in [6, 6.07) is 0. The van der Waals surface area contributed by atoms with E-state index < -0.39 is 27.1 Å². The van der Waals surface area contributed by atoms with Crippen LogP contribution >= 0.6 is 46.4 Å². The summed E-state index contributed by atoms with van der Waals surface area (Å²) in [7, 11) is -10.0. The summed E-state index contributed by atoms with van der Waals surface area (Å²) in [5, 5.41) is 0. The molecule has 80 valence electrons. The molecule has 0 spiro atoms. The van der Waals surface area contributed by atoms with Gasteiger partial charge < -0.3 is 0 Å². The fourth-order valence-electron chi connectivity index (χ4n) is 0.250. The molecule has 0 aliphatic heterocycles. The molecule has 13 heavy (non-hydrogen) atoms. The van der Waals surface area contributed by atoms with E-state index in [1.54, 1.807) is 0 Å². The van der Waals surface area contributed by atoms with Gasteiger partial charge in [0.2, 0.25) is 14.0 Å². The highest BCUT2D eigenvalue weighted by atomic mass is 35.5. The van der Waals surface area contributed by atoms with Gasteiger partial charge in [0.25, 0.3) is 0 Å². The van der Waals surface area contributed by atoms with Gasteiger partial charge in [0, 0.05) is 0 Å². The Morgan fingerprint density at radius 1 is 1.08 bits per heavy atom. The number of sulfone groups is 1. The van der Waals surface area contributed by atoms with E-state index in [0.717, 1.165) is 0 Å². The normalized spacial score (nSPS) is 14.9. The maximum atomic E-state index is 10.9. The summed E-state index contributed by atoms with van der Waals surface area (Å²) in [5.74, 6) is 0. The molecular weight excluding hydrogens is 310 g/mol. The Morgan fingerprint density at radius 3 is 1.46 bits per heavy atom. The Bertz CT molecular complexity index is 379. The lowest BCUT2D eigenvalue weighted by molar-refractivity contribution is 0.481. The molecule has 0 heterocycles. The number of hydrogen-bond acceptors (Lipinski definition) is 4. The molecule has 0 saturated heterocycles. The van der Waals surface area contributed by atoms with Gasteiger partial charge in [-0.25, -0.2) is 8.42 Å². The summed E-state index contributed by atoms with van der Waals surface area (Å²) in [5.41, 5.74) is 0. The summed E-state index contributed by atoms with van der Waals surface area (Å²) in [6.07, 6.45) is 0. The molecule has 0 aromatic rings. The molecular formula is C2H2Cl4O5S2. The minimum atomic E-state index is -5.23. The van der Waals surface area contributed by atoms with Crippen molar-refractivity contribution in [2.75, 3.05) is 0 Å². The fourth-order valence-corrected chi connectivity index (χ4v) is 4.12.